The molecule has 154 valence electrons. The lowest BCUT2D eigenvalue weighted by Gasteiger charge is -2.11. The summed E-state index contributed by atoms with van der Waals surface area (Å²) in [5.41, 5.74) is 3.95. The van der Waals surface area contributed by atoms with Crippen molar-refractivity contribution in [3.8, 4) is 17.1 Å². The van der Waals surface area contributed by atoms with Crippen molar-refractivity contribution in [1.82, 2.24) is 25.4 Å². The maximum absolute atomic E-state index is 5.57. The molecule has 0 aliphatic heterocycles. The highest BCUT2D eigenvalue weighted by atomic mass is 127. The zero-order chi connectivity index (χ0) is 19.9. The van der Waals surface area contributed by atoms with Crippen molar-refractivity contribution < 1.29 is 4.42 Å². The summed E-state index contributed by atoms with van der Waals surface area (Å²) in [6.45, 7) is 1.18. The second kappa shape index (κ2) is 10.6. The number of hydrogen-bond acceptors (Lipinski definition) is 4. The standard InChI is InChI=1S/C22H22N6O.HI/c1-23-22(24-14-17-8-10-20(11-9-17)28-13-5-12-26-28)25-15-19-16-29-21(27-19)18-6-3-2-4-7-18;/h2-13,16H,14-15H2,1H3,(H2,23,24,25);1H. The van der Waals surface area contributed by atoms with Crippen LogP contribution in [0.3, 0.4) is 0 Å². The lowest BCUT2D eigenvalue weighted by atomic mass is 10.2. The zero-order valence-corrected chi connectivity index (χ0v) is 18.9. The highest BCUT2D eigenvalue weighted by Crippen LogP contribution is 2.17. The SMILES string of the molecule is CN=C(NCc1ccc(-n2cccn2)cc1)NCc1coc(-c2ccccc2)n1.I. The van der Waals surface area contributed by atoms with Crippen LogP contribution in [0.1, 0.15) is 11.3 Å². The van der Waals surface area contributed by atoms with Crippen LogP contribution in [0, 0.1) is 0 Å². The average molecular weight is 514 g/mol. The molecule has 0 aliphatic carbocycles. The van der Waals surface area contributed by atoms with Crippen LogP contribution >= 0.6 is 24.0 Å². The third-order valence-corrected chi connectivity index (χ3v) is 4.40. The van der Waals surface area contributed by atoms with Gasteiger partial charge in [-0.3, -0.25) is 4.99 Å². The van der Waals surface area contributed by atoms with E-state index in [1.165, 1.54) is 0 Å². The summed E-state index contributed by atoms with van der Waals surface area (Å²) >= 11 is 0. The Balaban J connectivity index is 0.00000256. The Bertz CT molecular complexity index is 1060. The lowest BCUT2D eigenvalue weighted by Crippen LogP contribution is -2.36. The minimum absolute atomic E-state index is 0. The van der Waals surface area contributed by atoms with Gasteiger partial charge in [0.1, 0.15) is 6.26 Å². The smallest absolute Gasteiger partial charge is 0.226 e. The van der Waals surface area contributed by atoms with E-state index in [2.05, 4.69) is 37.8 Å². The van der Waals surface area contributed by atoms with Crippen LogP contribution in [-0.4, -0.2) is 27.8 Å². The molecule has 8 heteroatoms. The van der Waals surface area contributed by atoms with Crippen molar-refractivity contribution in [2.24, 2.45) is 4.99 Å². The van der Waals surface area contributed by atoms with Gasteiger partial charge >= 0.3 is 0 Å². The quantitative estimate of drug-likeness (QED) is 0.231. The largest absolute Gasteiger partial charge is 0.444 e. The number of aliphatic imine (C=N–C) groups is 1. The monoisotopic (exact) mass is 514 g/mol. The molecule has 0 saturated carbocycles. The summed E-state index contributed by atoms with van der Waals surface area (Å²) in [7, 11) is 1.74. The molecule has 0 fully saturated rings. The number of hydrogen-bond donors (Lipinski definition) is 2. The van der Waals surface area contributed by atoms with E-state index in [0.717, 1.165) is 22.5 Å². The fourth-order valence-corrected chi connectivity index (χ4v) is 2.87. The topological polar surface area (TPSA) is 80.3 Å². The second-order valence-corrected chi connectivity index (χ2v) is 6.41. The number of oxazole rings is 1. The van der Waals surface area contributed by atoms with Crippen LogP contribution < -0.4 is 10.6 Å². The summed E-state index contributed by atoms with van der Waals surface area (Å²) in [6.07, 6.45) is 5.35. The summed E-state index contributed by atoms with van der Waals surface area (Å²) in [5.74, 6) is 1.31. The van der Waals surface area contributed by atoms with Gasteiger partial charge in [-0.05, 0) is 35.9 Å². The summed E-state index contributed by atoms with van der Waals surface area (Å²) in [4.78, 5) is 8.78. The van der Waals surface area contributed by atoms with E-state index in [4.69, 9.17) is 4.42 Å². The molecule has 0 aliphatic rings. The average Bonchev–Trinajstić information content (AvgIpc) is 3.47. The predicted octanol–water partition coefficient (Wildman–Crippen LogP) is 4.01. The van der Waals surface area contributed by atoms with E-state index in [1.54, 1.807) is 19.5 Å². The van der Waals surface area contributed by atoms with Gasteiger partial charge in [-0.25, -0.2) is 9.67 Å². The van der Waals surface area contributed by atoms with Crippen LogP contribution in [0.4, 0.5) is 0 Å². The molecule has 0 radical (unpaired) electrons. The number of nitrogens with one attached hydrogen (secondary N) is 2. The Morgan fingerprint density at radius 1 is 1.00 bits per heavy atom. The van der Waals surface area contributed by atoms with Crippen LogP contribution in [0.15, 0.2) is 88.7 Å². The van der Waals surface area contributed by atoms with Crippen molar-refractivity contribution in [1.29, 1.82) is 0 Å². The second-order valence-electron chi connectivity index (χ2n) is 6.41. The van der Waals surface area contributed by atoms with Crippen molar-refractivity contribution in [3.63, 3.8) is 0 Å². The Morgan fingerprint density at radius 3 is 2.47 bits per heavy atom. The number of benzene rings is 2. The van der Waals surface area contributed by atoms with Crippen molar-refractivity contribution in [2.45, 2.75) is 13.1 Å². The van der Waals surface area contributed by atoms with Gasteiger partial charge in [-0.2, -0.15) is 5.10 Å². The first-order chi connectivity index (χ1) is 14.3. The molecule has 0 saturated heterocycles. The highest BCUT2D eigenvalue weighted by molar-refractivity contribution is 14.0. The first kappa shape index (κ1) is 21.6. The molecule has 0 amide bonds. The molecule has 4 rings (SSSR count). The van der Waals surface area contributed by atoms with Gasteiger partial charge in [0.05, 0.1) is 17.9 Å². The lowest BCUT2D eigenvalue weighted by molar-refractivity contribution is 0.572. The summed E-state index contributed by atoms with van der Waals surface area (Å²) in [6, 6.07) is 20.0. The van der Waals surface area contributed by atoms with E-state index >= 15 is 0 Å². The summed E-state index contributed by atoms with van der Waals surface area (Å²) < 4.78 is 7.40. The van der Waals surface area contributed by atoms with E-state index in [1.807, 2.05) is 59.4 Å². The van der Waals surface area contributed by atoms with Gasteiger partial charge in [-0.1, -0.05) is 30.3 Å². The maximum Gasteiger partial charge on any atom is 0.226 e. The highest BCUT2D eigenvalue weighted by Gasteiger charge is 2.07. The molecular formula is C22H23IN6O. The third-order valence-electron chi connectivity index (χ3n) is 4.40. The number of halogens is 1. The number of rotatable bonds is 6. The van der Waals surface area contributed by atoms with Crippen LogP contribution in [-0.2, 0) is 13.1 Å². The fraction of sp³-hybridized carbons (Fsp3) is 0.136. The molecule has 7 nitrogen and oxygen atoms in total. The molecule has 0 unspecified atom stereocenters. The number of aromatic nitrogens is 3. The molecule has 30 heavy (non-hydrogen) atoms. The van der Waals surface area contributed by atoms with Crippen molar-refractivity contribution in [3.05, 3.63) is 90.6 Å². The first-order valence-electron chi connectivity index (χ1n) is 9.35. The molecule has 2 heterocycles. The minimum Gasteiger partial charge on any atom is -0.444 e. The van der Waals surface area contributed by atoms with E-state index in [9.17, 15) is 0 Å². The van der Waals surface area contributed by atoms with Gasteiger partial charge in [0.2, 0.25) is 5.89 Å². The third kappa shape index (κ3) is 5.47. The molecule has 0 bridgehead atoms. The Hall–Kier alpha value is -3.14. The van der Waals surface area contributed by atoms with Crippen molar-refractivity contribution >= 4 is 29.9 Å². The van der Waals surface area contributed by atoms with Gasteiger partial charge in [0, 0.05) is 31.5 Å². The van der Waals surface area contributed by atoms with Gasteiger partial charge in [-0.15, -0.1) is 24.0 Å². The number of nitrogens with zero attached hydrogens (tertiary/aromatic N) is 4. The van der Waals surface area contributed by atoms with E-state index in [-0.39, 0.29) is 24.0 Å². The predicted molar refractivity (Wildman–Crippen MR) is 128 cm³/mol. The molecule has 2 N–H and O–H groups in total. The number of guanidine groups is 1. The van der Waals surface area contributed by atoms with Gasteiger partial charge < -0.3 is 15.1 Å². The molecule has 2 aromatic heterocycles. The van der Waals surface area contributed by atoms with Crippen LogP contribution in [0.5, 0.6) is 0 Å². The minimum atomic E-state index is 0. The van der Waals surface area contributed by atoms with Gasteiger partial charge in [0.25, 0.3) is 0 Å². The maximum atomic E-state index is 5.57. The Kier molecular flexibility index (Phi) is 7.61. The van der Waals surface area contributed by atoms with Gasteiger partial charge in [0.15, 0.2) is 5.96 Å². The normalized spacial score (nSPS) is 11.0. The Morgan fingerprint density at radius 2 is 1.77 bits per heavy atom. The van der Waals surface area contributed by atoms with Crippen molar-refractivity contribution in [2.75, 3.05) is 7.05 Å². The van der Waals surface area contributed by atoms with E-state index in [0.29, 0.717) is 24.9 Å². The molecular weight excluding hydrogens is 491 g/mol. The van der Waals surface area contributed by atoms with Crippen LogP contribution in [0.2, 0.25) is 0 Å². The Labute approximate surface area is 192 Å². The molecule has 4 aromatic rings. The zero-order valence-electron chi connectivity index (χ0n) is 16.5. The molecule has 0 atom stereocenters. The van der Waals surface area contributed by atoms with Crippen LogP contribution in [0.25, 0.3) is 17.1 Å². The molecule has 2 aromatic carbocycles. The van der Waals surface area contributed by atoms with E-state index < -0.39 is 0 Å². The molecule has 0 spiro atoms. The first-order valence-corrected chi connectivity index (χ1v) is 9.35. The summed E-state index contributed by atoms with van der Waals surface area (Å²) in [5, 5.41) is 10.8. The fourth-order valence-electron chi connectivity index (χ4n) is 2.87.